The molecule has 0 aliphatic carbocycles. The molecule has 0 saturated carbocycles. The molecule has 0 saturated heterocycles. The molecule has 1 atom stereocenters. The third-order valence-electron chi connectivity index (χ3n) is 4.07. The van der Waals surface area contributed by atoms with Crippen molar-refractivity contribution in [2.75, 3.05) is 6.54 Å². The predicted octanol–water partition coefficient (Wildman–Crippen LogP) is 5.19. The minimum atomic E-state index is 0.605. The second-order valence-corrected chi connectivity index (χ2v) is 6.51. The molecule has 2 rings (SSSR count). The molecule has 0 spiro atoms. The number of hydrogen-bond acceptors (Lipinski definition) is 1. The molecule has 114 valence electrons. The maximum atomic E-state index is 3.72. The van der Waals surface area contributed by atoms with E-state index in [1.807, 2.05) is 0 Å². The molecular weight excluding hydrogens is 254 g/mol. The lowest BCUT2D eigenvalue weighted by Gasteiger charge is -2.20. The highest BCUT2D eigenvalue weighted by molar-refractivity contribution is 5.82. The molecule has 0 aromatic heterocycles. The normalized spacial score (nSPS) is 13.0. The van der Waals surface area contributed by atoms with E-state index < -0.39 is 0 Å². The highest BCUT2D eigenvalue weighted by atomic mass is 14.9. The SMILES string of the molecule is CCCNC(CCC(C)C)Cc1ccc2ccccc2c1. The first-order chi connectivity index (χ1) is 10.2. The fourth-order valence-electron chi connectivity index (χ4n) is 2.81. The molecule has 0 heterocycles. The van der Waals surface area contributed by atoms with E-state index in [2.05, 4.69) is 68.6 Å². The van der Waals surface area contributed by atoms with Crippen LogP contribution >= 0.6 is 0 Å². The highest BCUT2D eigenvalue weighted by Gasteiger charge is 2.10. The van der Waals surface area contributed by atoms with Gasteiger partial charge in [0.1, 0.15) is 0 Å². The third-order valence-corrected chi connectivity index (χ3v) is 4.07. The summed E-state index contributed by atoms with van der Waals surface area (Å²) in [6, 6.07) is 16.1. The summed E-state index contributed by atoms with van der Waals surface area (Å²) in [6.07, 6.45) is 4.91. The van der Waals surface area contributed by atoms with Crippen molar-refractivity contribution >= 4 is 10.8 Å². The second kappa shape index (κ2) is 8.19. The van der Waals surface area contributed by atoms with Crippen molar-refractivity contribution in [2.45, 2.75) is 52.5 Å². The summed E-state index contributed by atoms with van der Waals surface area (Å²) in [5.41, 5.74) is 1.45. The number of hydrogen-bond donors (Lipinski definition) is 1. The van der Waals surface area contributed by atoms with Crippen molar-refractivity contribution in [3.05, 3.63) is 48.0 Å². The Morgan fingerprint density at radius 1 is 0.952 bits per heavy atom. The van der Waals surface area contributed by atoms with E-state index in [4.69, 9.17) is 0 Å². The largest absolute Gasteiger partial charge is 0.314 e. The maximum Gasteiger partial charge on any atom is 0.0108 e. The van der Waals surface area contributed by atoms with E-state index in [1.165, 1.54) is 35.6 Å². The van der Waals surface area contributed by atoms with Crippen LogP contribution in [0.5, 0.6) is 0 Å². The fourth-order valence-corrected chi connectivity index (χ4v) is 2.81. The predicted molar refractivity (Wildman–Crippen MR) is 93.8 cm³/mol. The summed E-state index contributed by atoms with van der Waals surface area (Å²) in [5.74, 6) is 0.785. The lowest BCUT2D eigenvalue weighted by atomic mass is 9.96. The number of rotatable bonds is 8. The van der Waals surface area contributed by atoms with Gasteiger partial charge >= 0.3 is 0 Å². The van der Waals surface area contributed by atoms with Crippen molar-refractivity contribution in [3.63, 3.8) is 0 Å². The zero-order valence-corrected chi connectivity index (χ0v) is 13.7. The van der Waals surface area contributed by atoms with Crippen LogP contribution in [0.25, 0.3) is 10.8 Å². The van der Waals surface area contributed by atoms with Crippen LogP contribution in [0.3, 0.4) is 0 Å². The van der Waals surface area contributed by atoms with Gasteiger partial charge in [0.2, 0.25) is 0 Å². The van der Waals surface area contributed by atoms with Gasteiger partial charge in [-0.3, -0.25) is 0 Å². The number of nitrogens with one attached hydrogen (secondary N) is 1. The van der Waals surface area contributed by atoms with Crippen LogP contribution in [-0.2, 0) is 6.42 Å². The molecule has 21 heavy (non-hydrogen) atoms. The molecule has 0 bridgehead atoms. The molecule has 0 amide bonds. The standard InChI is InChI=1S/C20H29N/c1-4-13-21-20(12-9-16(2)3)15-17-10-11-18-7-5-6-8-19(18)14-17/h5-8,10-11,14,16,20-21H,4,9,12-13,15H2,1-3H3. The van der Waals surface area contributed by atoms with Gasteiger partial charge < -0.3 is 5.32 Å². The van der Waals surface area contributed by atoms with Gasteiger partial charge in [0.05, 0.1) is 0 Å². The Kier molecular flexibility index (Phi) is 6.25. The van der Waals surface area contributed by atoms with E-state index in [0.29, 0.717) is 6.04 Å². The van der Waals surface area contributed by atoms with E-state index in [0.717, 1.165) is 18.9 Å². The third kappa shape index (κ3) is 5.17. The highest BCUT2D eigenvalue weighted by Crippen LogP contribution is 2.18. The van der Waals surface area contributed by atoms with Gasteiger partial charge in [-0.05, 0) is 54.5 Å². The van der Waals surface area contributed by atoms with Crippen molar-refractivity contribution in [3.8, 4) is 0 Å². The summed E-state index contributed by atoms with van der Waals surface area (Å²) in [5, 5.41) is 6.41. The Balaban J connectivity index is 2.05. The summed E-state index contributed by atoms with van der Waals surface area (Å²) < 4.78 is 0. The fraction of sp³-hybridized carbons (Fsp3) is 0.500. The Bertz CT molecular complexity index is 544. The molecule has 1 nitrogen and oxygen atoms in total. The number of fused-ring (bicyclic) bond motifs is 1. The molecule has 1 heteroatoms. The van der Waals surface area contributed by atoms with Crippen LogP contribution in [0.4, 0.5) is 0 Å². The monoisotopic (exact) mass is 283 g/mol. The zero-order chi connectivity index (χ0) is 15.1. The topological polar surface area (TPSA) is 12.0 Å². The maximum absolute atomic E-state index is 3.72. The van der Waals surface area contributed by atoms with Crippen molar-refractivity contribution in [2.24, 2.45) is 5.92 Å². The van der Waals surface area contributed by atoms with E-state index in [1.54, 1.807) is 0 Å². The van der Waals surface area contributed by atoms with Crippen molar-refractivity contribution in [1.29, 1.82) is 0 Å². The van der Waals surface area contributed by atoms with Crippen LogP contribution in [0.1, 0.15) is 45.6 Å². The Morgan fingerprint density at radius 3 is 2.43 bits per heavy atom. The van der Waals surface area contributed by atoms with Crippen LogP contribution in [0.2, 0.25) is 0 Å². The minimum Gasteiger partial charge on any atom is -0.314 e. The van der Waals surface area contributed by atoms with Gasteiger partial charge in [-0.15, -0.1) is 0 Å². The van der Waals surface area contributed by atoms with E-state index in [9.17, 15) is 0 Å². The summed E-state index contributed by atoms with van der Waals surface area (Å²) in [7, 11) is 0. The smallest absolute Gasteiger partial charge is 0.0108 e. The molecular formula is C20H29N. The van der Waals surface area contributed by atoms with Crippen LogP contribution in [-0.4, -0.2) is 12.6 Å². The Morgan fingerprint density at radius 2 is 1.71 bits per heavy atom. The van der Waals surface area contributed by atoms with Crippen LogP contribution < -0.4 is 5.32 Å². The van der Waals surface area contributed by atoms with Gasteiger partial charge in [0, 0.05) is 6.04 Å². The van der Waals surface area contributed by atoms with Gasteiger partial charge in [0.25, 0.3) is 0 Å². The van der Waals surface area contributed by atoms with E-state index >= 15 is 0 Å². The van der Waals surface area contributed by atoms with Gasteiger partial charge in [-0.25, -0.2) is 0 Å². The molecule has 0 aliphatic rings. The number of benzene rings is 2. The first-order valence-electron chi connectivity index (χ1n) is 8.40. The van der Waals surface area contributed by atoms with Crippen molar-refractivity contribution in [1.82, 2.24) is 5.32 Å². The molecule has 0 radical (unpaired) electrons. The minimum absolute atomic E-state index is 0.605. The average Bonchev–Trinajstić information content (AvgIpc) is 2.49. The molecule has 1 unspecified atom stereocenters. The zero-order valence-electron chi connectivity index (χ0n) is 13.7. The van der Waals surface area contributed by atoms with E-state index in [-0.39, 0.29) is 0 Å². The Hall–Kier alpha value is -1.34. The van der Waals surface area contributed by atoms with Gasteiger partial charge in [0.15, 0.2) is 0 Å². The van der Waals surface area contributed by atoms with Crippen LogP contribution in [0, 0.1) is 5.92 Å². The first kappa shape index (κ1) is 16.0. The lowest BCUT2D eigenvalue weighted by Crippen LogP contribution is -2.32. The summed E-state index contributed by atoms with van der Waals surface area (Å²) >= 11 is 0. The molecule has 0 fully saturated rings. The van der Waals surface area contributed by atoms with Gasteiger partial charge in [-0.1, -0.05) is 63.2 Å². The molecule has 2 aromatic carbocycles. The van der Waals surface area contributed by atoms with Crippen LogP contribution in [0.15, 0.2) is 42.5 Å². The second-order valence-electron chi connectivity index (χ2n) is 6.51. The molecule has 1 N–H and O–H groups in total. The lowest BCUT2D eigenvalue weighted by molar-refractivity contribution is 0.427. The Labute approximate surface area is 129 Å². The average molecular weight is 283 g/mol. The van der Waals surface area contributed by atoms with Crippen molar-refractivity contribution < 1.29 is 0 Å². The first-order valence-corrected chi connectivity index (χ1v) is 8.40. The summed E-state index contributed by atoms with van der Waals surface area (Å²) in [4.78, 5) is 0. The molecule has 2 aromatic rings. The summed E-state index contributed by atoms with van der Waals surface area (Å²) in [6.45, 7) is 7.98. The molecule has 0 aliphatic heterocycles. The quantitative estimate of drug-likeness (QED) is 0.703. The van der Waals surface area contributed by atoms with Gasteiger partial charge in [-0.2, -0.15) is 0 Å².